The first kappa shape index (κ1) is 16.7. The summed E-state index contributed by atoms with van der Waals surface area (Å²) in [5.74, 6) is 0.908. The summed E-state index contributed by atoms with van der Waals surface area (Å²) < 4.78 is 25.1. The van der Waals surface area contributed by atoms with E-state index in [2.05, 4.69) is 0 Å². The van der Waals surface area contributed by atoms with Gasteiger partial charge in [-0.05, 0) is 73.8 Å². The molecule has 4 fully saturated rings. The third-order valence-electron chi connectivity index (χ3n) is 6.75. The Kier molecular flexibility index (Phi) is 3.74. The van der Waals surface area contributed by atoms with Crippen molar-refractivity contribution in [2.45, 2.75) is 44.9 Å². The second-order valence-corrected chi connectivity index (χ2v) is 8.52. The van der Waals surface area contributed by atoms with Gasteiger partial charge in [0.05, 0.1) is 19.6 Å². The van der Waals surface area contributed by atoms with Crippen LogP contribution < -0.4 is 9.47 Å². The number of carboxylic acids is 1. The number of aliphatic carboxylic acids is 1. The molecule has 0 amide bonds. The van der Waals surface area contributed by atoms with Crippen LogP contribution in [0.4, 0.5) is 4.39 Å². The molecule has 4 saturated carbocycles. The van der Waals surface area contributed by atoms with E-state index in [0.717, 1.165) is 32.1 Å². The van der Waals surface area contributed by atoms with Gasteiger partial charge in [-0.1, -0.05) is 0 Å². The Bertz CT molecular complexity index is 700. The molecule has 4 bridgehead atoms. The minimum absolute atomic E-state index is 0.0943. The molecule has 0 spiro atoms. The molecule has 5 rings (SSSR count). The Hall–Kier alpha value is -1.78. The molecule has 0 aromatic heterocycles. The molecule has 4 aliphatic carbocycles. The smallest absolute Gasteiger partial charge is 0.309 e. The Labute approximate surface area is 147 Å². The van der Waals surface area contributed by atoms with Gasteiger partial charge in [0.15, 0.2) is 11.5 Å². The Morgan fingerprint density at radius 1 is 1.16 bits per heavy atom. The molecule has 0 saturated heterocycles. The normalized spacial score (nSPS) is 35.6. The maximum Gasteiger partial charge on any atom is 0.309 e. The van der Waals surface area contributed by atoms with Crippen LogP contribution in [-0.4, -0.2) is 25.3 Å². The van der Waals surface area contributed by atoms with Gasteiger partial charge in [-0.3, -0.25) is 4.79 Å². The maximum absolute atomic E-state index is 14.6. The van der Waals surface area contributed by atoms with E-state index >= 15 is 0 Å². The third kappa shape index (κ3) is 2.59. The van der Waals surface area contributed by atoms with E-state index < -0.39 is 11.4 Å². The topological polar surface area (TPSA) is 55.8 Å². The molecule has 2 atom stereocenters. The molecule has 4 nitrogen and oxygen atoms in total. The third-order valence-corrected chi connectivity index (χ3v) is 6.75. The zero-order valence-corrected chi connectivity index (χ0v) is 14.8. The van der Waals surface area contributed by atoms with Crippen molar-refractivity contribution in [2.75, 3.05) is 14.2 Å². The number of ether oxygens (including phenoxy) is 2. The van der Waals surface area contributed by atoms with Crippen LogP contribution in [0.25, 0.3) is 0 Å². The minimum Gasteiger partial charge on any atom is -0.493 e. The number of carboxylic acid groups (broad SMARTS) is 1. The maximum atomic E-state index is 14.6. The lowest BCUT2D eigenvalue weighted by atomic mass is 9.43. The summed E-state index contributed by atoms with van der Waals surface area (Å²) in [7, 11) is 3.04. The van der Waals surface area contributed by atoms with Gasteiger partial charge < -0.3 is 14.6 Å². The lowest BCUT2D eigenvalue weighted by molar-refractivity contribution is -0.174. The van der Waals surface area contributed by atoms with Crippen LogP contribution in [-0.2, 0) is 11.2 Å². The van der Waals surface area contributed by atoms with E-state index in [0.29, 0.717) is 41.7 Å². The van der Waals surface area contributed by atoms with Crippen molar-refractivity contribution >= 4 is 5.97 Å². The number of rotatable bonds is 5. The van der Waals surface area contributed by atoms with E-state index in [9.17, 15) is 14.3 Å². The second kappa shape index (κ2) is 5.61. The van der Waals surface area contributed by atoms with Gasteiger partial charge in [-0.15, -0.1) is 0 Å². The van der Waals surface area contributed by atoms with Crippen molar-refractivity contribution in [1.82, 2.24) is 0 Å². The summed E-state index contributed by atoms with van der Waals surface area (Å²) in [5.41, 5.74) is -0.0693. The number of methoxy groups -OCH3 is 2. The predicted octanol–water partition coefficient (Wildman–Crippen LogP) is 4.06. The highest BCUT2D eigenvalue weighted by molar-refractivity contribution is 5.75. The van der Waals surface area contributed by atoms with Crippen LogP contribution >= 0.6 is 0 Å². The predicted molar refractivity (Wildman–Crippen MR) is 90.4 cm³/mol. The summed E-state index contributed by atoms with van der Waals surface area (Å²) >= 11 is 0. The molecule has 0 heterocycles. The van der Waals surface area contributed by atoms with E-state index in [1.807, 2.05) is 0 Å². The quantitative estimate of drug-likeness (QED) is 0.872. The molecule has 2 unspecified atom stereocenters. The highest BCUT2D eigenvalue weighted by Crippen LogP contribution is 2.66. The Morgan fingerprint density at radius 2 is 1.76 bits per heavy atom. The van der Waals surface area contributed by atoms with Crippen LogP contribution in [0.5, 0.6) is 11.5 Å². The number of halogens is 1. The molecule has 1 aromatic carbocycles. The number of hydrogen-bond acceptors (Lipinski definition) is 3. The summed E-state index contributed by atoms with van der Waals surface area (Å²) in [5, 5.41) is 9.85. The first-order chi connectivity index (χ1) is 11.9. The van der Waals surface area contributed by atoms with Gasteiger partial charge in [0.2, 0.25) is 0 Å². The molecule has 1 aromatic rings. The van der Waals surface area contributed by atoms with Crippen LogP contribution in [0, 0.1) is 28.5 Å². The average molecular weight is 348 g/mol. The molecular weight excluding hydrogens is 323 g/mol. The van der Waals surface area contributed by atoms with Crippen molar-refractivity contribution in [2.24, 2.45) is 22.7 Å². The van der Waals surface area contributed by atoms with Crippen molar-refractivity contribution in [3.8, 4) is 11.5 Å². The molecular formula is C20H25FO4. The van der Waals surface area contributed by atoms with Gasteiger partial charge in [0, 0.05) is 6.07 Å². The first-order valence-electron chi connectivity index (χ1n) is 9.02. The molecule has 136 valence electrons. The lowest BCUT2D eigenvalue weighted by Gasteiger charge is -2.60. The summed E-state index contributed by atoms with van der Waals surface area (Å²) in [6.07, 6.45) is 6.05. The molecule has 5 heteroatoms. The van der Waals surface area contributed by atoms with E-state index in [-0.39, 0.29) is 11.2 Å². The lowest BCUT2D eigenvalue weighted by Crippen LogP contribution is -2.55. The van der Waals surface area contributed by atoms with Crippen LogP contribution in [0.2, 0.25) is 0 Å². The van der Waals surface area contributed by atoms with Gasteiger partial charge in [-0.2, -0.15) is 0 Å². The van der Waals surface area contributed by atoms with Crippen LogP contribution in [0.1, 0.15) is 44.1 Å². The highest BCUT2D eigenvalue weighted by atomic mass is 19.1. The second-order valence-electron chi connectivity index (χ2n) is 8.52. The molecule has 1 N–H and O–H groups in total. The van der Waals surface area contributed by atoms with Crippen molar-refractivity contribution in [3.05, 3.63) is 23.5 Å². The fourth-order valence-corrected chi connectivity index (χ4v) is 6.34. The number of carbonyl (C=O) groups is 1. The number of benzene rings is 1. The zero-order valence-electron chi connectivity index (χ0n) is 14.8. The van der Waals surface area contributed by atoms with Gasteiger partial charge in [0.1, 0.15) is 5.82 Å². The standard InChI is InChI=1S/C20H25FO4/c1-24-16-4-14(15(21)5-17(16)25-2)10-19-6-12-3-13(7-19)9-20(8-12,11-19)18(22)23/h4-5,12-13H,3,6-11H2,1-2H3,(H,22,23). The number of hydrogen-bond donors (Lipinski definition) is 1. The zero-order chi connectivity index (χ0) is 17.8. The molecule has 4 aliphatic rings. The van der Waals surface area contributed by atoms with Crippen molar-refractivity contribution in [1.29, 1.82) is 0 Å². The SMILES string of the molecule is COc1cc(F)c(CC23CC4CC(C2)CC(C(=O)O)(C4)C3)cc1OC. The Morgan fingerprint density at radius 3 is 2.32 bits per heavy atom. The Balaban J connectivity index is 1.68. The highest BCUT2D eigenvalue weighted by Gasteiger charge is 2.60. The van der Waals surface area contributed by atoms with Crippen LogP contribution in [0.15, 0.2) is 12.1 Å². The van der Waals surface area contributed by atoms with E-state index in [1.54, 1.807) is 13.2 Å². The summed E-state index contributed by atoms with van der Waals surface area (Å²) in [6, 6.07) is 3.10. The van der Waals surface area contributed by atoms with Crippen molar-refractivity contribution in [3.63, 3.8) is 0 Å². The molecule has 0 aliphatic heterocycles. The van der Waals surface area contributed by atoms with Gasteiger partial charge in [0.25, 0.3) is 0 Å². The van der Waals surface area contributed by atoms with Crippen molar-refractivity contribution < 1.29 is 23.8 Å². The monoisotopic (exact) mass is 348 g/mol. The largest absolute Gasteiger partial charge is 0.493 e. The molecule has 25 heavy (non-hydrogen) atoms. The van der Waals surface area contributed by atoms with Gasteiger partial charge >= 0.3 is 5.97 Å². The fraction of sp³-hybridized carbons (Fsp3) is 0.650. The minimum atomic E-state index is -0.654. The van der Waals surface area contributed by atoms with Gasteiger partial charge in [-0.25, -0.2) is 4.39 Å². The summed E-state index contributed by atoms with van der Waals surface area (Å²) in [4.78, 5) is 12.0. The van der Waals surface area contributed by atoms with E-state index in [1.165, 1.54) is 13.2 Å². The fourth-order valence-electron chi connectivity index (χ4n) is 6.34. The van der Waals surface area contributed by atoms with E-state index in [4.69, 9.17) is 9.47 Å². The first-order valence-corrected chi connectivity index (χ1v) is 9.02. The average Bonchev–Trinajstić information content (AvgIpc) is 2.54. The molecule has 0 radical (unpaired) electrons. The summed E-state index contributed by atoms with van der Waals surface area (Å²) in [6.45, 7) is 0. The van der Waals surface area contributed by atoms with Crippen LogP contribution in [0.3, 0.4) is 0 Å².